The summed E-state index contributed by atoms with van der Waals surface area (Å²) in [7, 11) is 0. The number of rotatable bonds is 5. The lowest BCUT2D eigenvalue weighted by Crippen LogP contribution is -2.39. The van der Waals surface area contributed by atoms with Crippen LogP contribution >= 0.6 is 0 Å². The third-order valence-corrected chi connectivity index (χ3v) is 4.67. The fourth-order valence-electron chi connectivity index (χ4n) is 3.10. The van der Waals surface area contributed by atoms with Crippen LogP contribution in [0.5, 0.6) is 0 Å². The number of benzene rings is 1. The van der Waals surface area contributed by atoms with Crippen molar-refractivity contribution in [3.8, 4) is 0 Å². The van der Waals surface area contributed by atoms with Crippen LogP contribution < -0.4 is 0 Å². The maximum Gasteiger partial charge on any atom is 0.312 e. The summed E-state index contributed by atoms with van der Waals surface area (Å²) in [4.78, 5) is 25.8. The zero-order valence-electron chi connectivity index (χ0n) is 12.3. The maximum atomic E-state index is 12.5. The molecule has 1 saturated heterocycles. The molecule has 0 saturated carbocycles. The largest absolute Gasteiger partial charge is 0.481 e. The van der Waals surface area contributed by atoms with Crippen LogP contribution in [0.15, 0.2) is 30.3 Å². The predicted molar refractivity (Wildman–Crippen MR) is 77.5 cm³/mol. The molecule has 1 amide bonds. The highest BCUT2D eigenvalue weighted by atomic mass is 16.4. The van der Waals surface area contributed by atoms with Crippen molar-refractivity contribution in [3.63, 3.8) is 0 Å². The van der Waals surface area contributed by atoms with E-state index >= 15 is 0 Å². The number of amides is 1. The second kappa shape index (κ2) is 5.85. The Kier molecular flexibility index (Phi) is 4.32. The minimum absolute atomic E-state index is 0.0905. The first-order valence-electron chi connectivity index (χ1n) is 7.13. The van der Waals surface area contributed by atoms with Crippen LogP contribution in [0.3, 0.4) is 0 Å². The lowest BCUT2D eigenvalue weighted by atomic mass is 9.76. The molecule has 0 bridgehead atoms. The summed E-state index contributed by atoms with van der Waals surface area (Å²) in [5, 5.41) is 18.8. The molecule has 114 valence electrons. The number of likely N-dealkylation sites (tertiary alicyclic amines) is 1. The van der Waals surface area contributed by atoms with Crippen LogP contribution in [0.25, 0.3) is 0 Å². The minimum Gasteiger partial charge on any atom is -0.481 e. The Labute approximate surface area is 124 Å². The fraction of sp³-hybridized carbons (Fsp3) is 0.500. The lowest BCUT2D eigenvalue weighted by Gasteiger charge is -2.28. The summed E-state index contributed by atoms with van der Waals surface area (Å²) in [6, 6.07) is 9.37. The molecule has 0 radical (unpaired) electrons. The monoisotopic (exact) mass is 291 g/mol. The van der Waals surface area contributed by atoms with E-state index < -0.39 is 17.3 Å². The first kappa shape index (κ1) is 15.5. The van der Waals surface area contributed by atoms with Gasteiger partial charge in [0.1, 0.15) is 0 Å². The van der Waals surface area contributed by atoms with Gasteiger partial charge in [-0.1, -0.05) is 37.3 Å². The first-order chi connectivity index (χ1) is 9.94. The molecule has 1 unspecified atom stereocenters. The molecule has 0 aliphatic carbocycles. The van der Waals surface area contributed by atoms with Crippen molar-refractivity contribution in [3.05, 3.63) is 35.9 Å². The van der Waals surface area contributed by atoms with E-state index in [1.807, 2.05) is 37.3 Å². The number of aliphatic hydroxyl groups excluding tert-OH is 1. The molecule has 2 N–H and O–H groups in total. The van der Waals surface area contributed by atoms with Crippen LogP contribution in [-0.2, 0) is 9.59 Å². The zero-order valence-corrected chi connectivity index (χ0v) is 12.3. The Morgan fingerprint density at radius 2 is 2.05 bits per heavy atom. The van der Waals surface area contributed by atoms with Gasteiger partial charge in [-0.3, -0.25) is 9.59 Å². The normalized spacial score (nSPS) is 26.9. The highest BCUT2D eigenvalue weighted by molar-refractivity contribution is 5.91. The predicted octanol–water partition coefficient (Wildman–Crippen LogP) is 1.68. The van der Waals surface area contributed by atoms with E-state index in [4.69, 9.17) is 0 Å². The summed E-state index contributed by atoms with van der Waals surface area (Å²) in [5.74, 6) is -1.81. The Hall–Kier alpha value is -1.88. The molecule has 1 aromatic carbocycles. The molecule has 5 heteroatoms. The molecule has 0 aromatic heterocycles. The van der Waals surface area contributed by atoms with Gasteiger partial charge in [0.05, 0.1) is 17.4 Å². The number of aliphatic carboxylic acids is 1. The highest BCUT2D eigenvalue weighted by Gasteiger charge is 2.55. The van der Waals surface area contributed by atoms with Gasteiger partial charge in [0.25, 0.3) is 0 Å². The molecular weight excluding hydrogens is 270 g/mol. The van der Waals surface area contributed by atoms with Crippen LogP contribution in [0.1, 0.15) is 31.9 Å². The van der Waals surface area contributed by atoms with Gasteiger partial charge >= 0.3 is 5.97 Å². The topological polar surface area (TPSA) is 77.8 Å². The second-order valence-electron chi connectivity index (χ2n) is 5.71. The van der Waals surface area contributed by atoms with Gasteiger partial charge in [0.15, 0.2) is 0 Å². The molecule has 2 rings (SSSR count). The van der Waals surface area contributed by atoms with Crippen LogP contribution in [0, 0.1) is 11.3 Å². The van der Waals surface area contributed by atoms with Gasteiger partial charge in [0.2, 0.25) is 5.91 Å². The van der Waals surface area contributed by atoms with Crippen molar-refractivity contribution in [2.24, 2.45) is 11.3 Å². The quantitative estimate of drug-likeness (QED) is 0.865. The van der Waals surface area contributed by atoms with E-state index in [-0.39, 0.29) is 31.5 Å². The van der Waals surface area contributed by atoms with E-state index in [1.54, 1.807) is 11.8 Å². The third kappa shape index (κ3) is 2.53. The van der Waals surface area contributed by atoms with Crippen molar-refractivity contribution in [2.75, 3.05) is 13.2 Å². The number of carbonyl (C=O) groups excluding carboxylic acids is 1. The number of carbonyl (C=O) groups is 2. The van der Waals surface area contributed by atoms with Crippen molar-refractivity contribution >= 4 is 11.9 Å². The SMILES string of the molecule is CC1C(=O)N([C@H](C)c2ccccc2)C[C@@]1(CCO)C(=O)O. The highest BCUT2D eigenvalue weighted by Crippen LogP contribution is 2.43. The van der Waals surface area contributed by atoms with Crippen LogP contribution in [0.4, 0.5) is 0 Å². The van der Waals surface area contributed by atoms with Crippen molar-refractivity contribution in [1.29, 1.82) is 0 Å². The molecule has 1 aliphatic heterocycles. The molecule has 1 heterocycles. The molecule has 0 spiro atoms. The van der Waals surface area contributed by atoms with Gasteiger partial charge in [-0.15, -0.1) is 0 Å². The van der Waals surface area contributed by atoms with Gasteiger partial charge in [-0.25, -0.2) is 0 Å². The average molecular weight is 291 g/mol. The summed E-state index contributed by atoms with van der Waals surface area (Å²) in [6.45, 7) is 3.44. The number of hydrogen-bond donors (Lipinski definition) is 2. The number of hydrogen-bond acceptors (Lipinski definition) is 3. The number of nitrogens with zero attached hydrogens (tertiary/aromatic N) is 1. The molecule has 1 aromatic rings. The molecule has 1 aliphatic rings. The lowest BCUT2D eigenvalue weighted by molar-refractivity contribution is -0.152. The standard InChI is InChI=1S/C16H21NO4/c1-11-14(19)17(10-16(11,8-9-18)15(20)21)12(2)13-6-4-3-5-7-13/h3-7,11-12,18H,8-10H2,1-2H3,(H,20,21)/t11?,12-,16-/m1/s1. The Morgan fingerprint density at radius 1 is 1.43 bits per heavy atom. The third-order valence-electron chi connectivity index (χ3n) is 4.67. The number of aliphatic hydroxyl groups is 1. The van der Waals surface area contributed by atoms with Gasteiger partial charge in [0, 0.05) is 13.2 Å². The zero-order chi connectivity index (χ0) is 15.6. The minimum atomic E-state index is -1.20. The molecule has 5 nitrogen and oxygen atoms in total. The number of carboxylic acids is 1. The van der Waals surface area contributed by atoms with E-state index in [0.29, 0.717) is 0 Å². The van der Waals surface area contributed by atoms with Gasteiger partial charge in [-0.05, 0) is 18.9 Å². The molecule has 1 fully saturated rings. The van der Waals surface area contributed by atoms with E-state index in [9.17, 15) is 19.8 Å². The van der Waals surface area contributed by atoms with Crippen LogP contribution in [-0.4, -0.2) is 40.1 Å². The summed E-state index contributed by atoms with van der Waals surface area (Å²) in [5.41, 5.74) is -0.224. The summed E-state index contributed by atoms with van der Waals surface area (Å²) >= 11 is 0. The summed E-state index contributed by atoms with van der Waals surface area (Å²) < 4.78 is 0. The maximum absolute atomic E-state index is 12.5. The molecule has 21 heavy (non-hydrogen) atoms. The average Bonchev–Trinajstić information content (AvgIpc) is 2.74. The van der Waals surface area contributed by atoms with E-state index in [0.717, 1.165) is 5.56 Å². The van der Waals surface area contributed by atoms with E-state index in [2.05, 4.69) is 0 Å². The Balaban J connectivity index is 2.31. The van der Waals surface area contributed by atoms with Crippen molar-refractivity contribution in [1.82, 2.24) is 4.90 Å². The smallest absolute Gasteiger partial charge is 0.312 e. The Morgan fingerprint density at radius 3 is 2.57 bits per heavy atom. The number of carboxylic acid groups (broad SMARTS) is 1. The van der Waals surface area contributed by atoms with Crippen molar-refractivity contribution < 1.29 is 19.8 Å². The first-order valence-corrected chi connectivity index (χ1v) is 7.13. The second-order valence-corrected chi connectivity index (χ2v) is 5.71. The van der Waals surface area contributed by atoms with E-state index in [1.165, 1.54) is 0 Å². The Bertz CT molecular complexity index is 530. The van der Waals surface area contributed by atoms with Crippen LogP contribution in [0.2, 0.25) is 0 Å². The van der Waals surface area contributed by atoms with Gasteiger partial charge in [-0.2, -0.15) is 0 Å². The van der Waals surface area contributed by atoms with Crippen molar-refractivity contribution in [2.45, 2.75) is 26.3 Å². The molecule has 3 atom stereocenters. The summed E-state index contributed by atoms with van der Waals surface area (Å²) in [6.07, 6.45) is 0.0905. The fourth-order valence-corrected chi connectivity index (χ4v) is 3.10. The van der Waals surface area contributed by atoms with Gasteiger partial charge < -0.3 is 15.1 Å². The molecular formula is C16H21NO4.